The average Bonchev–Trinajstić information content (AvgIpc) is 2.86. The lowest BCUT2D eigenvalue weighted by Gasteiger charge is -1.97. The number of nitrogens with one attached hydrogen (secondary N) is 1. The van der Waals surface area contributed by atoms with E-state index >= 15 is 0 Å². The van der Waals surface area contributed by atoms with Gasteiger partial charge >= 0.3 is 0 Å². The molecule has 0 unspecified atom stereocenters. The Bertz CT molecular complexity index is 800. The van der Waals surface area contributed by atoms with E-state index in [4.69, 9.17) is 11.6 Å². The molecule has 0 saturated carbocycles. The predicted octanol–water partition coefficient (Wildman–Crippen LogP) is 2.25. The van der Waals surface area contributed by atoms with E-state index in [1.165, 1.54) is 6.08 Å². The number of hydrogen-bond donors (Lipinski definition) is 1. The molecule has 0 radical (unpaired) electrons. The zero-order chi connectivity index (χ0) is 15.5. The van der Waals surface area contributed by atoms with Crippen LogP contribution in [0.5, 0.6) is 0 Å². The number of nitrogens with zero attached hydrogens (tertiary/aromatic N) is 2. The van der Waals surface area contributed by atoms with Gasteiger partial charge in [0.05, 0.1) is 0 Å². The molecule has 0 bridgehead atoms. The minimum absolute atomic E-state index is 0.115. The van der Waals surface area contributed by atoms with Crippen molar-refractivity contribution in [3.05, 3.63) is 40.9 Å². The first-order valence-electron chi connectivity index (χ1n) is 5.63. The molecule has 0 aliphatic heterocycles. The molecule has 9 heteroatoms. The summed E-state index contributed by atoms with van der Waals surface area (Å²) in [5.41, 5.74) is 0.698. The highest BCUT2D eigenvalue weighted by Gasteiger charge is 2.14. The van der Waals surface area contributed by atoms with Crippen molar-refractivity contribution in [3.8, 4) is 0 Å². The van der Waals surface area contributed by atoms with Gasteiger partial charge in [-0.1, -0.05) is 41.1 Å². The predicted molar refractivity (Wildman–Crippen MR) is 82.1 cm³/mol. The van der Waals surface area contributed by atoms with Crippen molar-refractivity contribution in [1.29, 1.82) is 0 Å². The second-order valence-corrected chi connectivity index (χ2v) is 7.56. The largest absolute Gasteiger partial charge is 0.297 e. The van der Waals surface area contributed by atoms with E-state index in [2.05, 4.69) is 15.5 Å². The summed E-state index contributed by atoms with van der Waals surface area (Å²) in [6, 6.07) is 7.06. The van der Waals surface area contributed by atoms with Crippen molar-refractivity contribution in [1.82, 2.24) is 10.2 Å². The van der Waals surface area contributed by atoms with Gasteiger partial charge in [-0.15, -0.1) is 10.2 Å². The number of anilines is 1. The van der Waals surface area contributed by atoms with Crippen LogP contribution in [0.3, 0.4) is 0 Å². The molecule has 0 atom stereocenters. The zero-order valence-electron chi connectivity index (χ0n) is 10.8. The van der Waals surface area contributed by atoms with Crippen LogP contribution in [0, 0.1) is 0 Å². The minimum atomic E-state index is -3.42. The van der Waals surface area contributed by atoms with E-state index in [-0.39, 0.29) is 9.47 Å². The molecule has 0 saturated heterocycles. The average molecular weight is 344 g/mol. The van der Waals surface area contributed by atoms with Gasteiger partial charge in [-0.05, 0) is 17.7 Å². The Labute approximate surface area is 130 Å². The Morgan fingerprint density at radius 1 is 1.33 bits per heavy atom. The quantitative estimate of drug-likeness (QED) is 0.679. The molecule has 110 valence electrons. The fourth-order valence-electron chi connectivity index (χ4n) is 1.33. The van der Waals surface area contributed by atoms with E-state index in [1.807, 2.05) is 0 Å². The SMILES string of the molecule is CS(=O)(=O)c1nnc(NC(=O)/C=C/c2ccccc2Cl)s1. The number of hydrogen-bond acceptors (Lipinski definition) is 6. The van der Waals surface area contributed by atoms with Crippen LogP contribution in [0.4, 0.5) is 5.13 Å². The van der Waals surface area contributed by atoms with Crippen LogP contribution >= 0.6 is 22.9 Å². The Morgan fingerprint density at radius 3 is 2.67 bits per heavy atom. The third-order valence-corrected chi connectivity index (χ3v) is 5.13. The molecule has 21 heavy (non-hydrogen) atoms. The fraction of sp³-hybridized carbons (Fsp3) is 0.0833. The van der Waals surface area contributed by atoms with Crippen molar-refractivity contribution in [2.45, 2.75) is 4.34 Å². The number of carbonyl (C=O) groups excluding carboxylic acids is 1. The molecule has 1 aromatic carbocycles. The molecular formula is C12H10ClN3O3S2. The Kier molecular flexibility index (Phi) is 4.71. The van der Waals surface area contributed by atoms with Crippen LogP contribution in [0.2, 0.25) is 5.02 Å². The summed E-state index contributed by atoms with van der Waals surface area (Å²) in [7, 11) is -3.42. The highest BCUT2D eigenvalue weighted by molar-refractivity contribution is 7.92. The van der Waals surface area contributed by atoms with E-state index in [9.17, 15) is 13.2 Å². The maximum Gasteiger partial charge on any atom is 0.250 e. The molecule has 2 rings (SSSR count). The summed E-state index contributed by atoms with van der Waals surface area (Å²) in [4.78, 5) is 11.7. The summed E-state index contributed by atoms with van der Waals surface area (Å²) in [5.74, 6) is -0.453. The summed E-state index contributed by atoms with van der Waals surface area (Å²) >= 11 is 6.74. The van der Waals surface area contributed by atoms with Gasteiger partial charge in [-0.3, -0.25) is 10.1 Å². The third-order valence-electron chi connectivity index (χ3n) is 2.27. The minimum Gasteiger partial charge on any atom is -0.297 e. The van der Waals surface area contributed by atoms with Crippen molar-refractivity contribution < 1.29 is 13.2 Å². The van der Waals surface area contributed by atoms with Gasteiger partial charge in [0, 0.05) is 17.4 Å². The van der Waals surface area contributed by atoms with E-state index in [1.54, 1.807) is 30.3 Å². The maximum absolute atomic E-state index is 11.7. The van der Waals surface area contributed by atoms with Crippen LogP contribution in [0.25, 0.3) is 6.08 Å². The van der Waals surface area contributed by atoms with Crippen molar-refractivity contribution in [2.24, 2.45) is 0 Å². The van der Waals surface area contributed by atoms with E-state index < -0.39 is 15.7 Å². The van der Waals surface area contributed by atoms with Crippen LogP contribution in [0.15, 0.2) is 34.7 Å². The Balaban J connectivity index is 2.06. The number of sulfone groups is 1. The second kappa shape index (κ2) is 6.33. The zero-order valence-corrected chi connectivity index (χ0v) is 13.2. The molecule has 0 aliphatic carbocycles. The van der Waals surface area contributed by atoms with Crippen LogP contribution in [0.1, 0.15) is 5.56 Å². The highest BCUT2D eigenvalue weighted by atomic mass is 35.5. The number of rotatable bonds is 4. The monoisotopic (exact) mass is 343 g/mol. The van der Waals surface area contributed by atoms with Crippen LogP contribution in [-0.2, 0) is 14.6 Å². The molecule has 0 spiro atoms. The maximum atomic E-state index is 11.7. The summed E-state index contributed by atoms with van der Waals surface area (Å²) in [6.07, 6.45) is 3.86. The second-order valence-electron chi connectivity index (χ2n) is 3.99. The lowest BCUT2D eigenvalue weighted by Crippen LogP contribution is -2.07. The number of benzene rings is 1. The number of amides is 1. The number of halogens is 1. The molecule has 2 aromatic rings. The van der Waals surface area contributed by atoms with Gasteiger partial charge in [-0.2, -0.15) is 0 Å². The molecule has 1 heterocycles. The van der Waals surface area contributed by atoms with Crippen LogP contribution < -0.4 is 5.32 Å². The van der Waals surface area contributed by atoms with Gasteiger partial charge in [0.15, 0.2) is 0 Å². The lowest BCUT2D eigenvalue weighted by atomic mass is 10.2. The summed E-state index contributed by atoms with van der Waals surface area (Å²) in [5, 5.41) is 10.2. The van der Waals surface area contributed by atoms with Gasteiger partial charge in [-0.25, -0.2) is 8.42 Å². The summed E-state index contributed by atoms with van der Waals surface area (Å²) in [6.45, 7) is 0. The van der Waals surface area contributed by atoms with Crippen molar-refractivity contribution in [2.75, 3.05) is 11.6 Å². The van der Waals surface area contributed by atoms with E-state index in [0.29, 0.717) is 10.6 Å². The topological polar surface area (TPSA) is 89.0 Å². The first kappa shape index (κ1) is 15.6. The van der Waals surface area contributed by atoms with Crippen molar-refractivity contribution >= 4 is 49.9 Å². The molecule has 1 amide bonds. The van der Waals surface area contributed by atoms with Crippen LogP contribution in [-0.4, -0.2) is 30.8 Å². The van der Waals surface area contributed by atoms with Gasteiger partial charge < -0.3 is 0 Å². The summed E-state index contributed by atoms with van der Waals surface area (Å²) < 4.78 is 22.3. The molecule has 0 aliphatic rings. The Hall–Kier alpha value is -1.77. The standard InChI is InChI=1S/C12H10ClN3O3S2/c1-21(18,19)12-16-15-11(20-12)14-10(17)7-6-8-4-2-3-5-9(8)13/h2-7H,1H3,(H,14,15,17)/b7-6+. The number of carbonyl (C=O) groups is 1. The van der Waals surface area contributed by atoms with Crippen molar-refractivity contribution in [3.63, 3.8) is 0 Å². The molecule has 6 nitrogen and oxygen atoms in total. The van der Waals surface area contributed by atoms with E-state index in [0.717, 1.165) is 17.6 Å². The highest BCUT2D eigenvalue weighted by Crippen LogP contribution is 2.20. The normalized spacial score (nSPS) is 11.7. The third kappa shape index (κ3) is 4.35. The number of aromatic nitrogens is 2. The molecule has 1 aromatic heterocycles. The lowest BCUT2D eigenvalue weighted by molar-refractivity contribution is -0.111. The molecular weight excluding hydrogens is 334 g/mol. The first-order chi connectivity index (χ1) is 9.86. The smallest absolute Gasteiger partial charge is 0.250 e. The first-order valence-corrected chi connectivity index (χ1v) is 8.72. The Morgan fingerprint density at radius 2 is 2.05 bits per heavy atom. The molecule has 1 N–H and O–H groups in total. The molecule has 0 fully saturated rings. The van der Waals surface area contributed by atoms with Gasteiger partial charge in [0.25, 0.3) is 0 Å². The van der Waals surface area contributed by atoms with Gasteiger partial charge in [0.2, 0.25) is 25.2 Å². The van der Waals surface area contributed by atoms with Gasteiger partial charge in [0.1, 0.15) is 0 Å². The fourth-order valence-corrected chi connectivity index (χ4v) is 3.04.